The molecule has 0 saturated heterocycles. The number of hydrogen-bond acceptors (Lipinski definition) is 4. The van der Waals surface area contributed by atoms with E-state index in [1.54, 1.807) is 0 Å². The Morgan fingerprint density at radius 3 is 2.30 bits per heavy atom. The summed E-state index contributed by atoms with van der Waals surface area (Å²) in [5.41, 5.74) is 1.46. The Labute approximate surface area is 137 Å². The zero-order valence-corrected chi connectivity index (χ0v) is 13.9. The van der Waals surface area contributed by atoms with Crippen molar-refractivity contribution in [3.63, 3.8) is 0 Å². The van der Waals surface area contributed by atoms with Gasteiger partial charge >= 0.3 is 0 Å². The molecule has 2 rings (SSSR count). The maximum absolute atomic E-state index is 12.3. The van der Waals surface area contributed by atoms with Crippen LogP contribution in [0.4, 0.5) is 5.69 Å². The summed E-state index contributed by atoms with van der Waals surface area (Å²) in [6.45, 7) is 2.24. The SMILES string of the molecule is CC(CNS(=O)(=O)c1ccc(C#N)cc1)N(C)c1ccccc1. The van der Waals surface area contributed by atoms with E-state index in [0.29, 0.717) is 5.56 Å². The van der Waals surface area contributed by atoms with Gasteiger partial charge in [-0.25, -0.2) is 13.1 Å². The molecule has 23 heavy (non-hydrogen) atoms. The van der Waals surface area contributed by atoms with Crippen LogP contribution in [0.3, 0.4) is 0 Å². The average Bonchev–Trinajstić information content (AvgIpc) is 2.60. The highest BCUT2D eigenvalue weighted by Gasteiger charge is 2.17. The van der Waals surface area contributed by atoms with E-state index in [-0.39, 0.29) is 17.5 Å². The molecule has 0 aromatic heterocycles. The molecule has 0 amide bonds. The van der Waals surface area contributed by atoms with Crippen LogP contribution in [0.5, 0.6) is 0 Å². The molecule has 0 spiro atoms. The zero-order chi connectivity index (χ0) is 16.9. The molecule has 0 aliphatic heterocycles. The van der Waals surface area contributed by atoms with Crippen LogP contribution in [0.15, 0.2) is 59.5 Å². The highest BCUT2D eigenvalue weighted by molar-refractivity contribution is 7.89. The monoisotopic (exact) mass is 329 g/mol. The fourth-order valence-electron chi connectivity index (χ4n) is 2.08. The Morgan fingerprint density at radius 2 is 1.74 bits per heavy atom. The number of anilines is 1. The molecule has 0 aliphatic carbocycles. The molecule has 1 atom stereocenters. The molecule has 0 radical (unpaired) electrons. The van der Waals surface area contributed by atoms with Gasteiger partial charge in [-0.1, -0.05) is 18.2 Å². The largest absolute Gasteiger partial charge is 0.371 e. The molecule has 0 bridgehead atoms. The number of nitrogens with one attached hydrogen (secondary N) is 1. The second kappa shape index (κ2) is 7.27. The van der Waals surface area contributed by atoms with Gasteiger partial charge in [-0.2, -0.15) is 5.26 Å². The van der Waals surface area contributed by atoms with Crippen molar-refractivity contribution in [1.82, 2.24) is 4.72 Å². The number of likely N-dealkylation sites (N-methyl/N-ethyl adjacent to an activating group) is 1. The average molecular weight is 329 g/mol. The third-order valence-corrected chi connectivity index (χ3v) is 5.13. The van der Waals surface area contributed by atoms with Gasteiger partial charge in [0.05, 0.1) is 16.5 Å². The summed E-state index contributed by atoms with van der Waals surface area (Å²) in [5, 5.41) is 8.76. The van der Waals surface area contributed by atoms with E-state index in [0.717, 1.165) is 5.69 Å². The summed E-state index contributed by atoms with van der Waals surface area (Å²) in [6, 6.07) is 17.6. The van der Waals surface area contributed by atoms with Crippen molar-refractivity contribution < 1.29 is 8.42 Å². The second-order valence-electron chi connectivity index (χ2n) is 5.28. The van der Waals surface area contributed by atoms with Crippen molar-refractivity contribution in [3.05, 3.63) is 60.2 Å². The van der Waals surface area contributed by atoms with E-state index < -0.39 is 10.0 Å². The van der Waals surface area contributed by atoms with E-state index in [2.05, 4.69) is 4.72 Å². The fourth-order valence-corrected chi connectivity index (χ4v) is 3.20. The third kappa shape index (κ3) is 4.31. The second-order valence-corrected chi connectivity index (χ2v) is 7.05. The summed E-state index contributed by atoms with van der Waals surface area (Å²) >= 11 is 0. The number of rotatable bonds is 6. The van der Waals surface area contributed by atoms with Gasteiger partial charge in [0.15, 0.2) is 0 Å². The summed E-state index contributed by atoms with van der Waals surface area (Å²) in [4.78, 5) is 2.17. The highest BCUT2D eigenvalue weighted by atomic mass is 32.2. The number of benzene rings is 2. The van der Waals surface area contributed by atoms with Gasteiger partial charge < -0.3 is 4.90 Å². The van der Waals surface area contributed by atoms with Gasteiger partial charge in [0.2, 0.25) is 10.0 Å². The first-order valence-electron chi connectivity index (χ1n) is 7.22. The first kappa shape index (κ1) is 17.0. The van der Waals surface area contributed by atoms with E-state index in [4.69, 9.17) is 5.26 Å². The lowest BCUT2D eigenvalue weighted by atomic mass is 10.2. The molecule has 120 valence electrons. The summed E-state index contributed by atoms with van der Waals surface area (Å²) < 4.78 is 27.2. The Hall–Kier alpha value is -2.36. The topological polar surface area (TPSA) is 73.2 Å². The predicted octanol–water partition coefficient (Wildman–Crippen LogP) is 2.36. The van der Waals surface area contributed by atoms with Gasteiger partial charge in [-0.05, 0) is 43.3 Å². The van der Waals surface area contributed by atoms with Crippen LogP contribution in [0.25, 0.3) is 0 Å². The Bertz CT molecular complexity index is 781. The van der Waals surface area contributed by atoms with Crippen LogP contribution in [-0.2, 0) is 10.0 Å². The molecule has 1 unspecified atom stereocenters. The van der Waals surface area contributed by atoms with Crippen molar-refractivity contribution in [2.24, 2.45) is 0 Å². The first-order valence-corrected chi connectivity index (χ1v) is 8.70. The van der Waals surface area contributed by atoms with Gasteiger partial charge in [0.1, 0.15) is 0 Å². The van der Waals surface area contributed by atoms with E-state index in [1.165, 1.54) is 24.3 Å². The van der Waals surface area contributed by atoms with Crippen LogP contribution in [-0.4, -0.2) is 28.1 Å². The molecule has 0 heterocycles. The van der Waals surface area contributed by atoms with Gasteiger partial charge in [-0.3, -0.25) is 0 Å². The van der Waals surface area contributed by atoms with Crippen LogP contribution in [0.2, 0.25) is 0 Å². The minimum Gasteiger partial charge on any atom is -0.371 e. The zero-order valence-electron chi connectivity index (χ0n) is 13.1. The standard InChI is InChI=1S/C17H19N3O2S/c1-14(20(2)16-6-4-3-5-7-16)13-19-23(21,22)17-10-8-15(12-18)9-11-17/h3-11,14,19H,13H2,1-2H3. The lowest BCUT2D eigenvalue weighted by molar-refractivity contribution is 0.570. The minimum absolute atomic E-state index is 0.00874. The van der Waals surface area contributed by atoms with Crippen LogP contribution < -0.4 is 9.62 Å². The van der Waals surface area contributed by atoms with Crippen molar-refractivity contribution in [2.45, 2.75) is 17.9 Å². The Morgan fingerprint density at radius 1 is 1.13 bits per heavy atom. The molecular weight excluding hydrogens is 310 g/mol. The van der Waals surface area contributed by atoms with Gasteiger partial charge in [-0.15, -0.1) is 0 Å². The smallest absolute Gasteiger partial charge is 0.240 e. The molecule has 0 aliphatic rings. The first-order chi connectivity index (χ1) is 10.9. The van der Waals surface area contributed by atoms with Crippen LogP contribution in [0, 0.1) is 11.3 Å². The number of nitrogens with zero attached hydrogens (tertiary/aromatic N) is 2. The molecule has 2 aromatic carbocycles. The maximum atomic E-state index is 12.3. The predicted molar refractivity (Wildman–Crippen MR) is 90.7 cm³/mol. The normalized spacial score (nSPS) is 12.4. The lowest BCUT2D eigenvalue weighted by Crippen LogP contribution is -2.40. The molecule has 2 aromatic rings. The molecular formula is C17H19N3O2S. The number of para-hydroxylation sites is 1. The number of sulfonamides is 1. The van der Waals surface area contributed by atoms with E-state index in [9.17, 15) is 8.42 Å². The molecule has 0 saturated carbocycles. The van der Waals surface area contributed by atoms with Crippen LogP contribution >= 0.6 is 0 Å². The minimum atomic E-state index is -3.58. The van der Waals surface area contributed by atoms with E-state index in [1.807, 2.05) is 55.3 Å². The van der Waals surface area contributed by atoms with Crippen LogP contribution in [0.1, 0.15) is 12.5 Å². The van der Waals surface area contributed by atoms with Crippen molar-refractivity contribution in [1.29, 1.82) is 5.26 Å². The number of hydrogen-bond donors (Lipinski definition) is 1. The van der Waals surface area contributed by atoms with Crippen molar-refractivity contribution >= 4 is 15.7 Å². The fraction of sp³-hybridized carbons (Fsp3) is 0.235. The molecule has 5 nitrogen and oxygen atoms in total. The third-order valence-electron chi connectivity index (χ3n) is 3.69. The quantitative estimate of drug-likeness (QED) is 0.883. The van der Waals surface area contributed by atoms with Crippen molar-refractivity contribution in [2.75, 3.05) is 18.5 Å². The number of nitriles is 1. The molecule has 1 N–H and O–H groups in total. The molecule has 6 heteroatoms. The Balaban J connectivity index is 2.02. The molecule has 0 fully saturated rings. The van der Waals surface area contributed by atoms with E-state index >= 15 is 0 Å². The maximum Gasteiger partial charge on any atom is 0.240 e. The summed E-state index contributed by atoms with van der Waals surface area (Å²) in [6.07, 6.45) is 0. The Kier molecular flexibility index (Phi) is 5.37. The van der Waals surface area contributed by atoms with Crippen molar-refractivity contribution in [3.8, 4) is 6.07 Å². The lowest BCUT2D eigenvalue weighted by Gasteiger charge is -2.27. The highest BCUT2D eigenvalue weighted by Crippen LogP contribution is 2.15. The summed E-state index contributed by atoms with van der Waals surface area (Å²) in [7, 11) is -1.66. The van der Waals surface area contributed by atoms with Gasteiger partial charge in [0.25, 0.3) is 0 Å². The summed E-state index contributed by atoms with van der Waals surface area (Å²) in [5.74, 6) is 0. The van der Waals surface area contributed by atoms with Gasteiger partial charge in [0, 0.05) is 25.3 Å².